The zero-order valence-corrected chi connectivity index (χ0v) is 17.3. The van der Waals surface area contributed by atoms with Crippen molar-refractivity contribution in [3.05, 3.63) is 33.7 Å². The predicted octanol–water partition coefficient (Wildman–Crippen LogP) is -0.509. The number of nitrogens with two attached hydrogens (primary N) is 1. The van der Waals surface area contributed by atoms with Gasteiger partial charge >= 0.3 is 5.97 Å². The number of β-lactam (4-membered cyclic amide) rings is 1. The van der Waals surface area contributed by atoms with E-state index in [0.29, 0.717) is 0 Å². The van der Waals surface area contributed by atoms with Crippen LogP contribution in [-0.4, -0.2) is 70.5 Å². The predicted molar refractivity (Wildman–Crippen MR) is 107 cm³/mol. The number of thiophene rings is 1. The molecule has 11 nitrogen and oxygen atoms in total. The van der Waals surface area contributed by atoms with Crippen LogP contribution in [0.25, 0.3) is 0 Å². The fourth-order valence-corrected chi connectivity index (χ4v) is 5.12. The normalized spacial score (nSPS) is 23.2. The van der Waals surface area contributed by atoms with Crippen molar-refractivity contribution in [1.82, 2.24) is 10.2 Å². The Kier molecular flexibility index (Phi) is 6.43. The van der Waals surface area contributed by atoms with Gasteiger partial charge in [-0.15, -0.1) is 23.1 Å². The molecule has 1 saturated heterocycles. The summed E-state index contributed by atoms with van der Waals surface area (Å²) in [5, 5.41) is 16.8. The first-order valence-corrected chi connectivity index (χ1v) is 10.5. The maximum absolute atomic E-state index is 12.9. The lowest BCUT2D eigenvalue weighted by Crippen LogP contribution is -2.80. The van der Waals surface area contributed by atoms with Crippen LogP contribution in [-0.2, 0) is 35.2 Å². The van der Waals surface area contributed by atoms with E-state index < -0.39 is 41.4 Å². The number of carbonyl (C=O) groups is 4. The molecule has 0 unspecified atom stereocenters. The Morgan fingerprint density at radius 1 is 1.50 bits per heavy atom. The number of hydrogen-bond acceptors (Lipinski definition) is 9. The van der Waals surface area contributed by atoms with E-state index in [1.807, 2.05) is 11.4 Å². The van der Waals surface area contributed by atoms with E-state index in [2.05, 4.69) is 15.3 Å². The quantitative estimate of drug-likeness (QED) is 0.195. The Labute approximate surface area is 178 Å². The molecule has 2 aliphatic rings. The van der Waals surface area contributed by atoms with Crippen LogP contribution in [0, 0.1) is 0 Å². The number of carboxylic acids is 1. The van der Waals surface area contributed by atoms with E-state index in [1.54, 1.807) is 6.07 Å². The Hall–Kier alpha value is -2.90. The minimum absolute atomic E-state index is 0.0736. The fraction of sp³-hybridized carbons (Fsp3) is 0.353. The number of nitrogens with zero attached hydrogens (tertiary/aromatic N) is 2. The molecule has 2 aliphatic heterocycles. The Morgan fingerprint density at radius 2 is 2.27 bits per heavy atom. The van der Waals surface area contributed by atoms with Crippen LogP contribution in [0.5, 0.6) is 0 Å². The third-order valence-corrected chi connectivity index (χ3v) is 6.53. The van der Waals surface area contributed by atoms with E-state index >= 15 is 0 Å². The summed E-state index contributed by atoms with van der Waals surface area (Å²) >= 11 is 2.61. The monoisotopic (exact) mass is 454 g/mol. The number of primary amides is 1. The number of nitrogens with one attached hydrogen (secondary N) is 1. The van der Waals surface area contributed by atoms with Gasteiger partial charge in [0.1, 0.15) is 11.1 Å². The highest BCUT2D eigenvalue weighted by atomic mass is 32.2. The molecule has 160 valence electrons. The number of amides is 3. The summed E-state index contributed by atoms with van der Waals surface area (Å²) in [6, 6.07) is 3.61. The van der Waals surface area contributed by atoms with Crippen molar-refractivity contribution < 1.29 is 33.9 Å². The Bertz CT molecular complexity index is 931. The van der Waals surface area contributed by atoms with E-state index in [0.717, 1.165) is 16.0 Å². The maximum atomic E-state index is 12.9. The van der Waals surface area contributed by atoms with Crippen molar-refractivity contribution in [3.8, 4) is 0 Å². The van der Waals surface area contributed by atoms with Gasteiger partial charge in [-0.2, -0.15) is 0 Å². The summed E-state index contributed by atoms with van der Waals surface area (Å²) in [4.78, 5) is 54.4. The first-order chi connectivity index (χ1) is 14.3. The summed E-state index contributed by atoms with van der Waals surface area (Å²) in [5.41, 5.74) is 3.18. The molecule has 13 heteroatoms. The SMILES string of the molecule is CO[C@@]1(NC(=O)Cc2cccs2)C(=O)N2C(C(=O)O)=C(/C=N/OCC(N)=O)CS[C@@H]21. The summed E-state index contributed by atoms with van der Waals surface area (Å²) < 4.78 is 5.37. The van der Waals surface area contributed by atoms with Crippen LogP contribution in [0.4, 0.5) is 0 Å². The average molecular weight is 454 g/mol. The van der Waals surface area contributed by atoms with Crippen molar-refractivity contribution >= 4 is 53.0 Å². The van der Waals surface area contributed by atoms with Crippen LogP contribution < -0.4 is 11.1 Å². The second-order valence-corrected chi connectivity index (χ2v) is 8.34. The van der Waals surface area contributed by atoms with Gasteiger partial charge in [0, 0.05) is 23.3 Å². The van der Waals surface area contributed by atoms with Gasteiger partial charge in [-0.05, 0) is 11.4 Å². The lowest BCUT2D eigenvalue weighted by atomic mass is 9.98. The third kappa shape index (κ3) is 4.04. The number of fused-ring (bicyclic) bond motifs is 1. The summed E-state index contributed by atoms with van der Waals surface area (Å²) in [7, 11) is 1.28. The molecule has 3 rings (SSSR count). The Balaban J connectivity index is 1.79. The van der Waals surface area contributed by atoms with E-state index in [1.165, 1.54) is 30.2 Å². The first-order valence-electron chi connectivity index (χ1n) is 8.54. The Morgan fingerprint density at radius 3 is 2.87 bits per heavy atom. The molecule has 0 saturated carbocycles. The van der Waals surface area contributed by atoms with Gasteiger partial charge in [0.15, 0.2) is 6.61 Å². The number of hydrogen-bond donors (Lipinski definition) is 3. The number of aliphatic carboxylic acids is 1. The highest BCUT2D eigenvalue weighted by Gasteiger charge is 2.66. The maximum Gasteiger partial charge on any atom is 0.353 e. The van der Waals surface area contributed by atoms with Crippen molar-refractivity contribution in [3.63, 3.8) is 0 Å². The lowest BCUT2D eigenvalue weighted by molar-refractivity contribution is -0.192. The van der Waals surface area contributed by atoms with Crippen molar-refractivity contribution in [2.45, 2.75) is 17.5 Å². The molecule has 0 spiro atoms. The number of carbonyl (C=O) groups excluding carboxylic acids is 3. The summed E-state index contributed by atoms with van der Waals surface area (Å²) in [6.07, 6.45) is 1.19. The fourth-order valence-electron chi connectivity index (χ4n) is 3.03. The topological polar surface area (TPSA) is 161 Å². The van der Waals surface area contributed by atoms with Crippen LogP contribution in [0.2, 0.25) is 0 Å². The van der Waals surface area contributed by atoms with Crippen molar-refractivity contribution in [2.75, 3.05) is 19.5 Å². The van der Waals surface area contributed by atoms with Gasteiger partial charge < -0.3 is 25.7 Å². The molecule has 1 aromatic heterocycles. The number of rotatable bonds is 9. The second-order valence-electron chi connectivity index (χ2n) is 6.24. The second kappa shape index (κ2) is 8.85. The molecule has 30 heavy (non-hydrogen) atoms. The minimum Gasteiger partial charge on any atom is -0.477 e. The number of thioether (sulfide) groups is 1. The molecule has 0 radical (unpaired) electrons. The van der Waals surface area contributed by atoms with Gasteiger partial charge in [-0.1, -0.05) is 11.2 Å². The zero-order chi connectivity index (χ0) is 21.9. The van der Waals surface area contributed by atoms with Crippen LogP contribution in [0.3, 0.4) is 0 Å². The van der Waals surface area contributed by atoms with Crippen LogP contribution in [0.1, 0.15) is 4.88 Å². The molecule has 0 bridgehead atoms. The molecular weight excluding hydrogens is 436 g/mol. The van der Waals surface area contributed by atoms with Crippen LogP contribution >= 0.6 is 23.1 Å². The largest absolute Gasteiger partial charge is 0.477 e. The molecule has 4 N–H and O–H groups in total. The zero-order valence-electron chi connectivity index (χ0n) is 15.7. The molecule has 1 fully saturated rings. The summed E-state index contributed by atoms with van der Waals surface area (Å²) in [5.74, 6) is -3.05. The molecule has 0 aliphatic carbocycles. The molecule has 2 atom stereocenters. The molecule has 3 heterocycles. The van der Waals surface area contributed by atoms with Crippen LogP contribution in [0.15, 0.2) is 33.9 Å². The minimum atomic E-state index is -1.66. The average Bonchev–Trinajstić information content (AvgIpc) is 3.21. The van der Waals surface area contributed by atoms with Gasteiger partial charge in [0.25, 0.3) is 17.5 Å². The van der Waals surface area contributed by atoms with E-state index in [-0.39, 0.29) is 23.4 Å². The summed E-state index contributed by atoms with van der Waals surface area (Å²) in [6.45, 7) is -0.465. The number of ether oxygens (including phenoxy) is 1. The number of oxime groups is 1. The third-order valence-electron chi connectivity index (χ3n) is 4.32. The molecular formula is C17H18N4O7S2. The van der Waals surface area contributed by atoms with E-state index in [9.17, 15) is 24.3 Å². The van der Waals surface area contributed by atoms with Gasteiger partial charge in [0.05, 0.1) is 12.6 Å². The molecule has 1 aromatic rings. The van der Waals surface area contributed by atoms with Crippen molar-refractivity contribution in [2.24, 2.45) is 10.9 Å². The van der Waals surface area contributed by atoms with E-state index in [4.69, 9.17) is 10.5 Å². The highest BCUT2D eigenvalue weighted by Crippen LogP contribution is 2.46. The molecule has 3 amide bonds. The first kappa shape index (κ1) is 21.8. The van der Waals surface area contributed by atoms with Gasteiger partial charge in [-0.25, -0.2) is 4.79 Å². The number of methoxy groups -OCH3 is 1. The molecule has 0 aromatic carbocycles. The highest BCUT2D eigenvalue weighted by molar-refractivity contribution is 8.00. The van der Waals surface area contributed by atoms with Gasteiger partial charge in [0.2, 0.25) is 5.91 Å². The van der Waals surface area contributed by atoms with Gasteiger partial charge in [-0.3, -0.25) is 19.3 Å². The van der Waals surface area contributed by atoms with Crippen molar-refractivity contribution in [1.29, 1.82) is 0 Å². The lowest BCUT2D eigenvalue weighted by Gasteiger charge is -2.55. The number of carboxylic acid groups (broad SMARTS) is 1. The standard InChI is InChI=1S/C17H18N4O7S2/c1-27-17(20-12(23)5-10-3-2-4-29-10)15(26)21-13(14(24)25)9(8-30-16(17)21)6-19-28-7-11(18)22/h2-4,6,16H,5,7-8H2,1H3,(H2,18,22)(H,20,23)(H,24,25)/b19-6+/t16-,17+/m1/s1. The smallest absolute Gasteiger partial charge is 0.353 e.